The lowest BCUT2D eigenvalue weighted by Gasteiger charge is -2.10. The number of ether oxygens (including phenoxy) is 1. The first-order valence-corrected chi connectivity index (χ1v) is 5.83. The number of hydrogen-bond donors (Lipinski definition) is 2. The van der Waals surface area contributed by atoms with Gasteiger partial charge < -0.3 is 15.8 Å². The van der Waals surface area contributed by atoms with Crippen LogP contribution >= 0.6 is 0 Å². The van der Waals surface area contributed by atoms with Crippen molar-refractivity contribution in [3.8, 4) is 5.75 Å². The Kier molecular flexibility index (Phi) is 3.74. The summed E-state index contributed by atoms with van der Waals surface area (Å²) in [5, 5.41) is 6.45. The van der Waals surface area contributed by atoms with E-state index in [1.54, 1.807) is 25.2 Å². The number of aryl methyl sites for hydroxylation is 1. The molecule has 20 heavy (non-hydrogen) atoms. The van der Waals surface area contributed by atoms with Crippen molar-refractivity contribution in [2.24, 2.45) is 7.05 Å². The molecule has 1 amide bonds. The van der Waals surface area contributed by atoms with E-state index < -0.39 is 0 Å². The first-order chi connectivity index (χ1) is 9.51. The second-order valence-corrected chi connectivity index (χ2v) is 4.19. The molecule has 0 atom stereocenters. The van der Waals surface area contributed by atoms with Crippen LogP contribution in [-0.2, 0) is 18.4 Å². The Morgan fingerprint density at radius 3 is 2.85 bits per heavy atom. The molecule has 106 valence electrons. The Balaban J connectivity index is 2.12. The molecule has 3 N–H and O–H groups in total. The number of benzene rings is 1. The van der Waals surface area contributed by atoms with Crippen LogP contribution in [0, 0.1) is 0 Å². The van der Waals surface area contributed by atoms with Crippen LogP contribution in [0.3, 0.4) is 0 Å². The van der Waals surface area contributed by atoms with Crippen molar-refractivity contribution < 1.29 is 9.53 Å². The lowest BCUT2D eigenvalue weighted by Crippen LogP contribution is -2.29. The molecular weight excluding hydrogens is 262 g/mol. The monoisotopic (exact) mass is 277 g/mol. The van der Waals surface area contributed by atoms with Crippen molar-refractivity contribution in [2.45, 2.75) is 6.54 Å². The van der Waals surface area contributed by atoms with Gasteiger partial charge in [-0.1, -0.05) is 0 Å². The van der Waals surface area contributed by atoms with Gasteiger partial charge in [0.2, 0.25) is 5.91 Å². The van der Waals surface area contributed by atoms with Crippen molar-refractivity contribution in [1.29, 1.82) is 0 Å². The summed E-state index contributed by atoms with van der Waals surface area (Å²) >= 11 is 0. The highest BCUT2D eigenvalue weighted by atomic mass is 16.5. The zero-order valence-electron chi connectivity index (χ0n) is 11.2. The normalized spacial score (nSPS) is 10.3. The second-order valence-electron chi connectivity index (χ2n) is 4.19. The number of nitrogen functional groups attached to an aromatic ring is 1. The standard InChI is InChI=1S/C12H15N5O3/c1-16-7-14-17(12(16)19)6-11(18)15-9-4-3-8(13)5-10(9)20-2/h3-5,7H,6,13H2,1-2H3,(H,15,18). The SMILES string of the molecule is COc1cc(N)ccc1NC(=O)Cn1ncn(C)c1=O. The third-order valence-electron chi connectivity index (χ3n) is 2.68. The highest BCUT2D eigenvalue weighted by Crippen LogP contribution is 2.26. The number of aromatic nitrogens is 3. The highest BCUT2D eigenvalue weighted by molar-refractivity contribution is 5.92. The third-order valence-corrected chi connectivity index (χ3v) is 2.68. The lowest BCUT2D eigenvalue weighted by atomic mass is 10.2. The minimum atomic E-state index is -0.381. The quantitative estimate of drug-likeness (QED) is 0.754. The first kappa shape index (κ1) is 13.7. The van der Waals surface area contributed by atoms with Crippen molar-refractivity contribution in [2.75, 3.05) is 18.2 Å². The molecular formula is C12H15N5O3. The van der Waals surface area contributed by atoms with Gasteiger partial charge in [-0.2, -0.15) is 5.10 Å². The summed E-state index contributed by atoms with van der Waals surface area (Å²) in [7, 11) is 3.04. The molecule has 2 aromatic rings. The van der Waals surface area contributed by atoms with Gasteiger partial charge in [0.05, 0.1) is 12.8 Å². The van der Waals surface area contributed by atoms with Gasteiger partial charge in [-0.05, 0) is 12.1 Å². The van der Waals surface area contributed by atoms with Crippen LogP contribution in [-0.4, -0.2) is 27.4 Å². The Morgan fingerprint density at radius 2 is 2.25 bits per heavy atom. The summed E-state index contributed by atoms with van der Waals surface area (Å²) in [6.07, 6.45) is 1.35. The molecule has 8 heteroatoms. The molecule has 8 nitrogen and oxygen atoms in total. The van der Waals surface area contributed by atoms with Gasteiger partial charge in [-0.15, -0.1) is 0 Å². The largest absolute Gasteiger partial charge is 0.494 e. The van der Waals surface area contributed by atoms with Gasteiger partial charge in [0, 0.05) is 18.8 Å². The maximum Gasteiger partial charge on any atom is 0.345 e. The Bertz CT molecular complexity index is 689. The van der Waals surface area contributed by atoms with Crippen molar-refractivity contribution in [3.05, 3.63) is 35.0 Å². The van der Waals surface area contributed by atoms with E-state index in [2.05, 4.69) is 10.4 Å². The van der Waals surface area contributed by atoms with E-state index >= 15 is 0 Å². The summed E-state index contributed by atoms with van der Waals surface area (Å²) in [5.41, 5.74) is 6.28. The van der Waals surface area contributed by atoms with Gasteiger partial charge in [0.15, 0.2) is 0 Å². The number of carbonyl (C=O) groups is 1. The van der Waals surface area contributed by atoms with Crippen LogP contribution in [0.5, 0.6) is 5.75 Å². The van der Waals surface area contributed by atoms with E-state index in [4.69, 9.17) is 10.5 Å². The van der Waals surface area contributed by atoms with Crippen molar-refractivity contribution in [3.63, 3.8) is 0 Å². The Hall–Kier alpha value is -2.77. The summed E-state index contributed by atoms with van der Waals surface area (Å²) in [5.74, 6) is 0.0700. The first-order valence-electron chi connectivity index (χ1n) is 5.83. The number of nitrogens with two attached hydrogens (primary N) is 1. The second kappa shape index (κ2) is 5.47. The predicted molar refractivity (Wildman–Crippen MR) is 73.5 cm³/mol. The van der Waals surface area contributed by atoms with Gasteiger partial charge in [0.25, 0.3) is 0 Å². The van der Waals surface area contributed by atoms with Gasteiger partial charge in [0.1, 0.15) is 18.6 Å². The average molecular weight is 277 g/mol. The highest BCUT2D eigenvalue weighted by Gasteiger charge is 2.11. The fourth-order valence-electron chi connectivity index (χ4n) is 1.67. The maximum absolute atomic E-state index is 11.9. The summed E-state index contributed by atoms with van der Waals surface area (Å²) in [6.45, 7) is -0.173. The van der Waals surface area contributed by atoms with Crippen molar-refractivity contribution in [1.82, 2.24) is 14.3 Å². The predicted octanol–water partition coefficient (Wildman–Crippen LogP) is -0.189. The van der Waals surface area contributed by atoms with E-state index in [0.717, 1.165) is 4.68 Å². The molecule has 1 aromatic heterocycles. The fourth-order valence-corrected chi connectivity index (χ4v) is 1.67. The Labute approximate surface area is 114 Å². The molecule has 0 saturated heterocycles. The molecule has 0 bridgehead atoms. The average Bonchev–Trinajstić information content (AvgIpc) is 2.72. The molecule has 0 unspecified atom stereocenters. The number of anilines is 2. The Morgan fingerprint density at radius 1 is 1.50 bits per heavy atom. The minimum absolute atomic E-state index is 0.173. The summed E-state index contributed by atoms with van der Waals surface area (Å²) in [6, 6.07) is 4.88. The number of nitrogens with zero attached hydrogens (tertiary/aromatic N) is 3. The number of hydrogen-bond acceptors (Lipinski definition) is 5. The zero-order valence-corrected chi connectivity index (χ0v) is 11.2. The topological polar surface area (TPSA) is 104 Å². The van der Waals surface area contributed by atoms with Gasteiger partial charge in [-0.3, -0.25) is 9.36 Å². The van der Waals surface area contributed by atoms with Gasteiger partial charge in [-0.25, -0.2) is 9.48 Å². The molecule has 0 radical (unpaired) electrons. The number of nitrogens with one attached hydrogen (secondary N) is 1. The molecule has 1 heterocycles. The molecule has 0 saturated carbocycles. The van der Waals surface area contributed by atoms with Gasteiger partial charge >= 0.3 is 5.69 Å². The van der Waals surface area contributed by atoms with Crippen LogP contribution in [0.2, 0.25) is 0 Å². The van der Waals surface area contributed by atoms with Crippen LogP contribution in [0.4, 0.5) is 11.4 Å². The maximum atomic E-state index is 11.9. The third kappa shape index (κ3) is 2.79. The molecule has 0 fully saturated rings. The molecule has 1 aromatic carbocycles. The van der Waals surface area contributed by atoms with Crippen LogP contribution in [0.1, 0.15) is 0 Å². The van der Waals surface area contributed by atoms with E-state index in [1.165, 1.54) is 18.0 Å². The summed E-state index contributed by atoms with van der Waals surface area (Å²) in [4.78, 5) is 23.5. The smallest absolute Gasteiger partial charge is 0.345 e. The lowest BCUT2D eigenvalue weighted by molar-refractivity contribution is -0.117. The molecule has 0 aliphatic rings. The minimum Gasteiger partial charge on any atom is -0.494 e. The number of carbonyl (C=O) groups excluding carboxylic acids is 1. The fraction of sp³-hybridized carbons (Fsp3) is 0.250. The number of amides is 1. The number of methoxy groups -OCH3 is 1. The van der Waals surface area contributed by atoms with E-state index in [-0.39, 0.29) is 18.1 Å². The van der Waals surface area contributed by atoms with E-state index in [1.807, 2.05) is 0 Å². The molecule has 0 aliphatic carbocycles. The van der Waals surface area contributed by atoms with E-state index in [9.17, 15) is 9.59 Å². The zero-order chi connectivity index (χ0) is 14.7. The molecule has 0 aliphatic heterocycles. The van der Waals surface area contributed by atoms with Crippen LogP contribution in [0.25, 0.3) is 0 Å². The number of rotatable bonds is 4. The molecule has 2 rings (SSSR count). The van der Waals surface area contributed by atoms with E-state index in [0.29, 0.717) is 17.1 Å². The van der Waals surface area contributed by atoms with Crippen molar-refractivity contribution >= 4 is 17.3 Å². The van der Waals surface area contributed by atoms with Crippen LogP contribution < -0.4 is 21.5 Å². The molecule has 0 spiro atoms. The van der Waals surface area contributed by atoms with Crippen LogP contribution in [0.15, 0.2) is 29.3 Å². The summed E-state index contributed by atoms with van der Waals surface area (Å²) < 4.78 is 7.48.